The van der Waals surface area contributed by atoms with Crippen LogP contribution < -0.4 is 5.32 Å². The largest absolute Gasteiger partial charge is 0.352 e. The molecule has 1 saturated heterocycles. The van der Waals surface area contributed by atoms with Crippen molar-refractivity contribution in [1.82, 2.24) is 10.2 Å². The number of piperidine rings is 1. The Labute approximate surface area is 159 Å². The van der Waals surface area contributed by atoms with Crippen molar-refractivity contribution in [2.75, 3.05) is 19.6 Å². The van der Waals surface area contributed by atoms with E-state index in [1.165, 1.54) is 12.1 Å². The van der Waals surface area contributed by atoms with Gasteiger partial charge in [0.25, 0.3) is 11.8 Å². The lowest BCUT2D eigenvalue weighted by Crippen LogP contribution is -2.41. The van der Waals surface area contributed by atoms with Crippen LogP contribution in [0.5, 0.6) is 0 Å². The molecule has 1 aliphatic rings. The van der Waals surface area contributed by atoms with Crippen LogP contribution in [0.4, 0.5) is 4.39 Å². The van der Waals surface area contributed by atoms with E-state index in [-0.39, 0.29) is 17.4 Å². The van der Waals surface area contributed by atoms with Crippen LogP contribution in [0.15, 0.2) is 42.5 Å². The van der Waals surface area contributed by atoms with Gasteiger partial charge in [0.1, 0.15) is 5.82 Å². The molecule has 2 aromatic rings. The number of hydrogen-bond donors (Lipinski definition) is 1. The summed E-state index contributed by atoms with van der Waals surface area (Å²) in [5.41, 5.74) is 2.86. The van der Waals surface area contributed by atoms with Gasteiger partial charge in [-0.2, -0.15) is 0 Å². The van der Waals surface area contributed by atoms with Gasteiger partial charge in [-0.1, -0.05) is 29.8 Å². The van der Waals surface area contributed by atoms with Crippen LogP contribution in [0.1, 0.15) is 44.7 Å². The monoisotopic (exact) mass is 368 g/mol. The van der Waals surface area contributed by atoms with E-state index in [4.69, 9.17) is 0 Å². The van der Waals surface area contributed by atoms with Crippen LogP contribution in [0.2, 0.25) is 0 Å². The molecule has 4 nitrogen and oxygen atoms in total. The van der Waals surface area contributed by atoms with Crippen LogP contribution in [-0.2, 0) is 0 Å². The number of nitrogens with one attached hydrogen (secondary N) is 1. The zero-order valence-electron chi connectivity index (χ0n) is 15.8. The minimum atomic E-state index is -0.481. The summed E-state index contributed by atoms with van der Waals surface area (Å²) in [5, 5.41) is 3.02. The third kappa shape index (κ3) is 4.54. The number of amides is 2. The second-order valence-electron chi connectivity index (χ2n) is 7.24. The summed E-state index contributed by atoms with van der Waals surface area (Å²) < 4.78 is 13.8. The lowest BCUT2D eigenvalue weighted by Gasteiger charge is -2.32. The predicted octanol–water partition coefficient (Wildman–Crippen LogP) is 3.72. The van der Waals surface area contributed by atoms with Crippen molar-refractivity contribution in [3.8, 4) is 0 Å². The standard InChI is InChI=1S/C22H25FN2O2/c1-15-7-8-16(2)19(13-15)21(26)24-14-17-9-11-25(12-10-17)22(27)18-5-3-4-6-20(18)23/h3-8,13,17H,9-12,14H2,1-2H3,(H,24,26). The van der Waals surface area contributed by atoms with Crippen LogP contribution in [0, 0.1) is 25.6 Å². The van der Waals surface area contributed by atoms with Gasteiger partial charge >= 0.3 is 0 Å². The molecule has 1 N–H and O–H groups in total. The molecular weight excluding hydrogens is 343 g/mol. The first-order chi connectivity index (χ1) is 13.0. The van der Waals surface area contributed by atoms with E-state index >= 15 is 0 Å². The van der Waals surface area contributed by atoms with E-state index in [1.807, 2.05) is 32.0 Å². The zero-order chi connectivity index (χ0) is 19.4. The lowest BCUT2D eigenvalue weighted by atomic mass is 9.96. The van der Waals surface area contributed by atoms with E-state index < -0.39 is 5.82 Å². The molecule has 1 aliphatic heterocycles. The quantitative estimate of drug-likeness (QED) is 0.894. The van der Waals surface area contributed by atoms with Crippen LogP contribution >= 0.6 is 0 Å². The van der Waals surface area contributed by atoms with Crippen molar-refractivity contribution in [3.63, 3.8) is 0 Å². The molecule has 0 aromatic heterocycles. The number of rotatable bonds is 4. The third-order valence-corrected chi connectivity index (χ3v) is 5.20. The minimum Gasteiger partial charge on any atom is -0.352 e. The molecule has 2 aromatic carbocycles. The molecule has 5 heteroatoms. The maximum absolute atomic E-state index is 13.8. The fraction of sp³-hybridized carbons (Fsp3) is 0.364. The molecule has 0 bridgehead atoms. The highest BCUT2D eigenvalue weighted by Crippen LogP contribution is 2.20. The number of carbonyl (C=O) groups excluding carboxylic acids is 2. The number of nitrogens with zero attached hydrogens (tertiary/aromatic N) is 1. The summed E-state index contributed by atoms with van der Waals surface area (Å²) in [6.07, 6.45) is 1.60. The first-order valence-electron chi connectivity index (χ1n) is 9.35. The van der Waals surface area contributed by atoms with Crippen molar-refractivity contribution in [3.05, 3.63) is 70.5 Å². The molecule has 2 amide bonds. The molecule has 1 heterocycles. The first-order valence-corrected chi connectivity index (χ1v) is 9.35. The van der Waals surface area contributed by atoms with Crippen molar-refractivity contribution in [2.24, 2.45) is 5.92 Å². The highest BCUT2D eigenvalue weighted by Gasteiger charge is 2.25. The van der Waals surface area contributed by atoms with Gasteiger partial charge in [0.2, 0.25) is 0 Å². The van der Waals surface area contributed by atoms with Crippen LogP contribution in [-0.4, -0.2) is 36.3 Å². The maximum atomic E-state index is 13.8. The van der Waals surface area contributed by atoms with Gasteiger partial charge in [-0.05, 0) is 56.4 Å². The lowest BCUT2D eigenvalue weighted by molar-refractivity contribution is 0.0679. The van der Waals surface area contributed by atoms with Crippen molar-refractivity contribution < 1.29 is 14.0 Å². The van der Waals surface area contributed by atoms with Gasteiger partial charge in [0.15, 0.2) is 0 Å². The van der Waals surface area contributed by atoms with Crippen molar-refractivity contribution >= 4 is 11.8 Å². The Bertz CT molecular complexity index is 842. The van der Waals surface area contributed by atoms with E-state index in [0.717, 1.165) is 24.0 Å². The average molecular weight is 368 g/mol. The molecule has 0 aliphatic carbocycles. The van der Waals surface area contributed by atoms with E-state index in [0.29, 0.717) is 31.1 Å². The highest BCUT2D eigenvalue weighted by molar-refractivity contribution is 5.96. The van der Waals surface area contributed by atoms with E-state index in [9.17, 15) is 14.0 Å². The smallest absolute Gasteiger partial charge is 0.256 e. The van der Waals surface area contributed by atoms with Gasteiger partial charge in [0, 0.05) is 25.2 Å². The van der Waals surface area contributed by atoms with Crippen LogP contribution in [0.3, 0.4) is 0 Å². The third-order valence-electron chi connectivity index (χ3n) is 5.20. The second kappa shape index (κ2) is 8.33. The Morgan fingerprint density at radius 1 is 1.07 bits per heavy atom. The molecule has 0 saturated carbocycles. The number of halogens is 1. The molecule has 0 unspecified atom stereocenters. The normalized spacial score (nSPS) is 14.9. The molecule has 27 heavy (non-hydrogen) atoms. The van der Waals surface area contributed by atoms with Gasteiger partial charge in [-0.3, -0.25) is 9.59 Å². The summed E-state index contributed by atoms with van der Waals surface area (Å²) in [7, 11) is 0. The van der Waals surface area contributed by atoms with Gasteiger partial charge in [0.05, 0.1) is 5.56 Å². The second-order valence-corrected chi connectivity index (χ2v) is 7.24. The fourth-order valence-electron chi connectivity index (χ4n) is 3.46. The molecular formula is C22H25FN2O2. The van der Waals surface area contributed by atoms with Crippen molar-refractivity contribution in [1.29, 1.82) is 0 Å². The number of hydrogen-bond acceptors (Lipinski definition) is 2. The highest BCUT2D eigenvalue weighted by atomic mass is 19.1. The summed E-state index contributed by atoms with van der Waals surface area (Å²) >= 11 is 0. The molecule has 1 fully saturated rings. The van der Waals surface area contributed by atoms with Gasteiger partial charge in [-0.25, -0.2) is 4.39 Å². The minimum absolute atomic E-state index is 0.0546. The van der Waals surface area contributed by atoms with Crippen LogP contribution in [0.25, 0.3) is 0 Å². The predicted molar refractivity (Wildman–Crippen MR) is 103 cm³/mol. The molecule has 142 valence electrons. The zero-order valence-corrected chi connectivity index (χ0v) is 15.8. The van der Waals surface area contributed by atoms with Crippen molar-refractivity contribution in [2.45, 2.75) is 26.7 Å². The van der Waals surface area contributed by atoms with Gasteiger partial charge in [-0.15, -0.1) is 0 Å². The summed E-state index contributed by atoms with van der Waals surface area (Å²) in [6.45, 7) is 5.65. The first kappa shape index (κ1) is 19.1. The van der Waals surface area contributed by atoms with Gasteiger partial charge < -0.3 is 10.2 Å². The molecule has 3 rings (SSSR count). The summed E-state index contributed by atoms with van der Waals surface area (Å²) in [6, 6.07) is 11.9. The molecule has 0 radical (unpaired) electrons. The number of aryl methyl sites for hydroxylation is 2. The Hall–Kier alpha value is -2.69. The number of benzene rings is 2. The fourth-order valence-corrected chi connectivity index (χ4v) is 3.46. The summed E-state index contributed by atoms with van der Waals surface area (Å²) in [5.74, 6) is -0.471. The summed E-state index contributed by atoms with van der Waals surface area (Å²) in [4.78, 5) is 26.6. The number of carbonyl (C=O) groups is 2. The Morgan fingerprint density at radius 3 is 2.48 bits per heavy atom. The SMILES string of the molecule is Cc1ccc(C)c(C(=O)NCC2CCN(C(=O)c3ccccc3F)CC2)c1. The topological polar surface area (TPSA) is 49.4 Å². The Balaban J connectivity index is 1.51. The maximum Gasteiger partial charge on any atom is 0.256 e. The Kier molecular flexibility index (Phi) is 5.89. The van der Waals surface area contributed by atoms with E-state index in [2.05, 4.69) is 5.32 Å². The molecule has 0 atom stereocenters. The van der Waals surface area contributed by atoms with E-state index in [1.54, 1.807) is 17.0 Å². The average Bonchev–Trinajstić information content (AvgIpc) is 2.68. The molecule has 0 spiro atoms. The number of likely N-dealkylation sites (tertiary alicyclic amines) is 1. The Morgan fingerprint density at radius 2 is 1.78 bits per heavy atom.